The largest absolute Gasteiger partial charge is 0.388 e. The summed E-state index contributed by atoms with van der Waals surface area (Å²) in [5.41, 5.74) is -0.369. The van der Waals surface area contributed by atoms with Crippen LogP contribution in [-0.4, -0.2) is 26.8 Å². The second-order valence-corrected chi connectivity index (χ2v) is 7.26. The summed E-state index contributed by atoms with van der Waals surface area (Å²) < 4.78 is 0.132. The van der Waals surface area contributed by atoms with Crippen LogP contribution in [0.25, 0.3) is 0 Å². The Morgan fingerprint density at radius 2 is 1.79 bits per heavy atom. The molecule has 0 amide bonds. The Bertz CT molecular complexity index is 193. The van der Waals surface area contributed by atoms with Crippen LogP contribution in [0.3, 0.4) is 0 Å². The van der Waals surface area contributed by atoms with Crippen LogP contribution in [0.5, 0.6) is 0 Å². The van der Waals surface area contributed by atoms with Gasteiger partial charge in [-0.05, 0) is 37.7 Å². The van der Waals surface area contributed by atoms with Crippen LogP contribution in [0.2, 0.25) is 0 Å². The molecule has 0 radical (unpaired) electrons. The average Bonchev–Trinajstić information content (AvgIpc) is 2.68. The van der Waals surface area contributed by atoms with E-state index in [0.29, 0.717) is 0 Å². The lowest BCUT2D eigenvalue weighted by Gasteiger charge is -2.45. The first-order valence-corrected chi connectivity index (χ1v) is 7.85. The first kappa shape index (κ1) is 11.2. The fraction of sp³-hybridized carbons (Fsp3) is 1.00. The lowest BCUT2D eigenvalue weighted by molar-refractivity contribution is -0.00732. The molecule has 2 fully saturated rings. The molecule has 1 unspecified atom stereocenters. The van der Waals surface area contributed by atoms with Crippen LogP contribution < -0.4 is 0 Å². The lowest BCUT2D eigenvalue weighted by atomic mass is 9.80. The first-order chi connectivity index (χ1) is 6.72. The van der Waals surface area contributed by atoms with Gasteiger partial charge in [0.2, 0.25) is 0 Å². The Balaban J connectivity index is 2.15. The second kappa shape index (κ2) is 4.26. The van der Waals surface area contributed by atoms with Gasteiger partial charge in [0.1, 0.15) is 0 Å². The average molecular weight is 232 g/mol. The van der Waals surface area contributed by atoms with E-state index in [4.69, 9.17) is 0 Å². The number of thioether (sulfide) groups is 2. The monoisotopic (exact) mass is 232 g/mol. The van der Waals surface area contributed by atoms with E-state index in [1.165, 1.54) is 37.9 Å². The number of hydrogen-bond donors (Lipinski definition) is 1. The van der Waals surface area contributed by atoms with Crippen molar-refractivity contribution in [3.63, 3.8) is 0 Å². The number of rotatable bonds is 2. The maximum atomic E-state index is 10.8. The van der Waals surface area contributed by atoms with Gasteiger partial charge in [0.25, 0.3) is 0 Å². The predicted octanol–water partition coefficient (Wildman–Crippen LogP) is 3.27. The zero-order chi connectivity index (χ0) is 10.1. The molecule has 0 aromatic heterocycles. The summed E-state index contributed by atoms with van der Waals surface area (Å²) >= 11 is 3.91. The topological polar surface area (TPSA) is 20.2 Å². The van der Waals surface area contributed by atoms with Crippen molar-refractivity contribution in [2.45, 2.75) is 54.6 Å². The summed E-state index contributed by atoms with van der Waals surface area (Å²) in [6.45, 7) is 0. The molecule has 0 bridgehead atoms. The van der Waals surface area contributed by atoms with E-state index in [1.807, 2.05) is 23.5 Å². The molecule has 1 nitrogen and oxygen atoms in total. The molecule has 1 aliphatic heterocycles. The minimum absolute atomic E-state index is 0.132. The highest BCUT2D eigenvalue weighted by Gasteiger charge is 2.52. The number of hydrogen-bond acceptors (Lipinski definition) is 3. The molecule has 2 aliphatic rings. The van der Waals surface area contributed by atoms with Gasteiger partial charge in [0.15, 0.2) is 0 Å². The predicted molar refractivity (Wildman–Crippen MR) is 66.0 cm³/mol. The quantitative estimate of drug-likeness (QED) is 0.789. The van der Waals surface area contributed by atoms with E-state index in [9.17, 15) is 5.11 Å². The van der Waals surface area contributed by atoms with E-state index in [0.717, 1.165) is 12.8 Å². The van der Waals surface area contributed by atoms with E-state index < -0.39 is 0 Å². The third-order valence-corrected chi connectivity index (χ3v) is 7.35. The maximum Gasteiger partial charge on any atom is 0.0893 e. The summed E-state index contributed by atoms with van der Waals surface area (Å²) in [6.07, 6.45) is 10.5. The van der Waals surface area contributed by atoms with Gasteiger partial charge in [-0.2, -0.15) is 0 Å². The maximum absolute atomic E-state index is 10.8. The third kappa shape index (κ3) is 1.72. The molecule has 1 saturated heterocycles. The molecular formula is C11H20OS2. The molecular weight excluding hydrogens is 212 g/mol. The summed E-state index contributed by atoms with van der Waals surface area (Å²) in [4.78, 5) is 0. The molecule has 1 aliphatic carbocycles. The van der Waals surface area contributed by atoms with Gasteiger partial charge >= 0.3 is 0 Å². The highest BCUT2D eigenvalue weighted by Crippen LogP contribution is 2.56. The lowest BCUT2D eigenvalue weighted by Crippen LogP contribution is -2.49. The highest BCUT2D eigenvalue weighted by molar-refractivity contribution is 8.18. The van der Waals surface area contributed by atoms with Crippen molar-refractivity contribution in [2.24, 2.45) is 0 Å². The fourth-order valence-corrected chi connectivity index (χ4v) is 5.88. The fourth-order valence-electron chi connectivity index (χ4n) is 2.85. The third-order valence-electron chi connectivity index (χ3n) is 3.70. The van der Waals surface area contributed by atoms with Gasteiger partial charge in [-0.3, -0.25) is 0 Å². The van der Waals surface area contributed by atoms with Gasteiger partial charge in [0, 0.05) is 0 Å². The van der Waals surface area contributed by atoms with Crippen molar-refractivity contribution in [1.29, 1.82) is 0 Å². The van der Waals surface area contributed by atoms with Crippen LogP contribution in [-0.2, 0) is 0 Å². The van der Waals surface area contributed by atoms with E-state index in [-0.39, 0.29) is 9.68 Å². The van der Waals surface area contributed by atoms with Gasteiger partial charge in [0.05, 0.1) is 9.68 Å². The molecule has 0 spiro atoms. The summed E-state index contributed by atoms with van der Waals surface area (Å²) in [7, 11) is 0. The van der Waals surface area contributed by atoms with Gasteiger partial charge in [-0.25, -0.2) is 0 Å². The van der Waals surface area contributed by atoms with Crippen LogP contribution >= 0.6 is 23.5 Å². The number of aliphatic hydroxyl groups is 1. The standard InChI is InChI=1S/C11H20OS2/c1-13-11(8-5-9-14-11)10(12)6-3-2-4-7-10/h12H,2-9H2,1H3. The second-order valence-electron chi connectivity index (χ2n) is 4.50. The van der Waals surface area contributed by atoms with E-state index >= 15 is 0 Å². The highest BCUT2D eigenvalue weighted by atomic mass is 32.2. The molecule has 3 heteroatoms. The Morgan fingerprint density at radius 1 is 1.07 bits per heavy atom. The van der Waals surface area contributed by atoms with Crippen molar-refractivity contribution in [2.75, 3.05) is 12.0 Å². The van der Waals surface area contributed by atoms with Crippen molar-refractivity contribution < 1.29 is 5.11 Å². The summed E-state index contributed by atoms with van der Waals surface area (Å²) in [6, 6.07) is 0. The van der Waals surface area contributed by atoms with Crippen LogP contribution in [0, 0.1) is 0 Å². The van der Waals surface area contributed by atoms with Gasteiger partial charge in [-0.15, -0.1) is 23.5 Å². The van der Waals surface area contributed by atoms with Crippen molar-refractivity contribution in [1.82, 2.24) is 0 Å². The normalized spacial score (nSPS) is 37.3. The Hall–Kier alpha value is 0.660. The first-order valence-electron chi connectivity index (χ1n) is 5.64. The van der Waals surface area contributed by atoms with Gasteiger partial charge < -0.3 is 5.11 Å². The molecule has 14 heavy (non-hydrogen) atoms. The Morgan fingerprint density at radius 3 is 2.29 bits per heavy atom. The van der Waals surface area contributed by atoms with Crippen molar-refractivity contribution >= 4 is 23.5 Å². The minimum Gasteiger partial charge on any atom is -0.388 e. The van der Waals surface area contributed by atoms with Crippen molar-refractivity contribution in [3.8, 4) is 0 Å². The van der Waals surface area contributed by atoms with Crippen LogP contribution in [0.15, 0.2) is 0 Å². The Labute approximate surface area is 95.4 Å². The van der Waals surface area contributed by atoms with Crippen LogP contribution in [0.1, 0.15) is 44.9 Å². The van der Waals surface area contributed by atoms with E-state index in [2.05, 4.69) is 6.26 Å². The summed E-state index contributed by atoms with van der Waals surface area (Å²) in [5.74, 6) is 1.24. The molecule has 1 heterocycles. The summed E-state index contributed by atoms with van der Waals surface area (Å²) in [5, 5.41) is 10.8. The Kier molecular flexibility index (Phi) is 3.40. The zero-order valence-electron chi connectivity index (χ0n) is 8.92. The molecule has 82 valence electrons. The van der Waals surface area contributed by atoms with Gasteiger partial charge in [-0.1, -0.05) is 19.3 Å². The molecule has 1 atom stereocenters. The molecule has 1 saturated carbocycles. The SMILES string of the molecule is CSC1(C2(O)CCCCC2)CCCS1. The zero-order valence-corrected chi connectivity index (χ0v) is 10.6. The minimum atomic E-state index is -0.369. The smallest absolute Gasteiger partial charge is 0.0893 e. The molecule has 0 aromatic rings. The molecule has 2 rings (SSSR count). The van der Waals surface area contributed by atoms with E-state index in [1.54, 1.807) is 0 Å². The van der Waals surface area contributed by atoms with Crippen LogP contribution in [0.4, 0.5) is 0 Å². The van der Waals surface area contributed by atoms with Crippen molar-refractivity contribution in [3.05, 3.63) is 0 Å². The molecule has 1 N–H and O–H groups in total. The molecule has 0 aromatic carbocycles.